The number of carbonyl (C=O) groups is 1. The Morgan fingerprint density at radius 1 is 1.22 bits per heavy atom. The molecule has 0 bridgehead atoms. The molecule has 0 aliphatic carbocycles. The van der Waals surface area contributed by atoms with Crippen LogP contribution in [-0.4, -0.2) is 15.9 Å². The zero-order valence-electron chi connectivity index (χ0n) is 9.45. The van der Waals surface area contributed by atoms with Crippen LogP contribution < -0.4 is 5.32 Å². The van der Waals surface area contributed by atoms with E-state index in [9.17, 15) is 4.79 Å². The van der Waals surface area contributed by atoms with E-state index in [0.29, 0.717) is 11.3 Å². The molecule has 0 aromatic carbocycles. The Morgan fingerprint density at radius 3 is 2.44 bits per heavy atom. The summed E-state index contributed by atoms with van der Waals surface area (Å²) >= 11 is 11.5. The number of nitrogens with zero attached hydrogens (tertiary/aromatic N) is 2. The predicted molar refractivity (Wildman–Crippen MR) is 71.2 cm³/mol. The van der Waals surface area contributed by atoms with Gasteiger partial charge in [0, 0.05) is 11.3 Å². The predicted octanol–water partition coefficient (Wildman–Crippen LogP) is 3.34. The molecule has 1 N–H and O–H groups in total. The van der Waals surface area contributed by atoms with Gasteiger partial charge in [-0.05, 0) is 31.2 Å². The van der Waals surface area contributed by atoms with Gasteiger partial charge in [-0.15, -0.1) is 0 Å². The van der Waals surface area contributed by atoms with Crippen LogP contribution in [0.3, 0.4) is 0 Å². The molecule has 0 radical (unpaired) electrons. The van der Waals surface area contributed by atoms with Crippen LogP contribution in [0.25, 0.3) is 0 Å². The molecule has 2 heterocycles. The number of carbonyl (C=O) groups excluding carboxylic acids is 1. The lowest BCUT2D eigenvalue weighted by Crippen LogP contribution is -2.12. The third kappa shape index (κ3) is 3.18. The van der Waals surface area contributed by atoms with Crippen LogP contribution in [0.2, 0.25) is 10.3 Å². The Balaban J connectivity index is 2.19. The summed E-state index contributed by atoms with van der Waals surface area (Å²) in [7, 11) is 0. The quantitative estimate of drug-likeness (QED) is 0.859. The average molecular weight is 282 g/mol. The van der Waals surface area contributed by atoms with E-state index in [-0.39, 0.29) is 16.2 Å². The summed E-state index contributed by atoms with van der Waals surface area (Å²) in [6, 6.07) is 6.47. The molecule has 0 aliphatic heterocycles. The summed E-state index contributed by atoms with van der Waals surface area (Å²) in [6.07, 6.45) is 1.58. The van der Waals surface area contributed by atoms with Gasteiger partial charge in [0.25, 0.3) is 5.91 Å². The van der Waals surface area contributed by atoms with Crippen LogP contribution in [0.4, 0.5) is 5.69 Å². The Labute approximate surface area is 114 Å². The van der Waals surface area contributed by atoms with Gasteiger partial charge in [0.05, 0.1) is 11.9 Å². The largest absolute Gasteiger partial charge is 0.321 e. The first kappa shape index (κ1) is 12.8. The van der Waals surface area contributed by atoms with Crippen molar-refractivity contribution in [3.05, 3.63) is 52.0 Å². The summed E-state index contributed by atoms with van der Waals surface area (Å²) in [5.74, 6) is -0.313. The monoisotopic (exact) mass is 281 g/mol. The van der Waals surface area contributed by atoms with E-state index in [1.54, 1.807) is 12.3 Å². The maximum absolute atomic E-state index is 11.9. The van der Waals surface area contributed by atoms with E-state index in [1.165, 1.54) is 12.1 Å². The number of aromatic nitrogens is 2. The molecule has 2 aromatic heterocycles. The van der Waals surface area contributed by atoms with Crippen molar-refractivity contribution in [1.29, 1.82) is 0 Å². The van der Waals surface area contributed by atoms with Gasteiger partial charge >= 0.3 is 0 Å². The summed E-state index contributed by atoms with van der Waals surface area (Å²) in [6.45, 7) is 1.87. The number of rotatable bonds is 2. The number of hydrogen-bond acceptors (Lipinski definition) is 3. The zero-order chi connectivity index (χ0) is 13.1. The third-order valence-electron chi connectivity index (χ3n) is 2.19. The molecule has 0 fully saturated rings. The second-order valence-corrected chi connectivity index (χ2v) is 4.42. The number of aryl methyl sites for hydroxylation is 1. The molecule has 2 aromatic rings. The Morgan fingerprint density at radius 2 is 1.89 bits per heavy atom. The fraction of sp³-hybridized carbons (Fsp3) is 0.0833. The van der Waals surface area contributed by atoms with Gasteiger partial charge in [0.2, 0.25) is 0 Å². The first-order chi connectivity index (χ1) is 8.54. The smallest absolute Gasteiger partial charge is 0.255 e. The van der Waals surface area contributed by atoms with E-state index in [1.807, 2.05) is 13.0 Å². The summed E-state index contributed by atoms with van der Waals surface area (Å²) < 4.78 is 0. The SMILES string of the molecule is Cc1ccc(NC(=O)c2cc(Cl)nc(Cl)c2)cn1. The number of hydrogen-bond donors (Lipinski definition) is 1. The lowest BCUT2D eigenvalue weighted by atomic mass is 10.2. The van der Waals surface area contributed by atoms with E-state index in [2.05, 4.69) is 15.3 Å². The minimum absolute atomic E-state index is 0.176. The van der Waals surface area contributed by atoms with Gasteiger partial charge in [-0.2, -0.15) is 0 Å². The Bertz CT molecular complexity index is 564. The van der Waals surface area contributed by atoms with Gasteiger partial charge in [-0.25, -0.2) is 4.98 Å². The first-order valence-electron chi connectivity index (χ1n) is 5.12. The van der Waals surface area contributed by atoms with Gasteiger partial charge in [-0.1, -0.05) is 23.2 Å². The number of halogens is 2. The number of anilines is 1. The van der Waals surface area contributed by atoms with Crippen LogP contribution in [0.5, 0.6) is 0 Å². The Hall–Kier alpha value is -1.65. The minimum atomic E-state index is -0.313. The molecular formula is C12H9Cl2N3O. The molecule has 0 atom stereocenters. The highest BCUT2D eigenvalue weighted by atomic mass is 35.5. The molecule has 4 nitrogen and oxygen atoms in total. The Kier molecular flexibility index (Phi) is 3.79. The molecule has 0 aliphatic rings. The van der Waals surface area contributed by atoms with Crippen molar-refractivity contribution >= 4 is 34.8 Å². The average Bonchev–Trinajstić information content (AvgIpc) is 2.31. The molecule has 2 rings (SSSR count). The maximum Gasteiger partial charge on any atom is 0.255 e. The standard InChI is InChI=1S/C12H9Cl2N3O/c1-7-2-3-9(6-15-7)16-12(18)8-4-10(13)17-11(14)5-8/h2-6H,1H3,(H,16,18). The van der Waals surface area contributed by atoms with Crippen molar-refractivity contribution in [3.63, 3.8) is 0 Å². The van der Waals surface area contributed by atoms with E-state index in [0.717, 1.165) is 5.69 Å². The summed E-state index contributed by atoms with van der Waals surface area (Å²) in [5, 5.41) is 3.04. The molecule has 0 spiro atoms. The molecule has 0 unspecified atom stereocenters. The highest BCUT2D eigenvalue weighted by molar-refractivity contribution is 6.33. The van der Waals surface area contributed by atoms with E-state index in [4.69, 9.17) is 23.2 Å². The fourth-order valence-electron chi connectivity index (χ4n) is 1.34. The van der Waals surface area contributed by atoms with Crippen molar-refractivity contribution in [2.24, 2.45) is 0 Å². The highest BCUT2D eigenvalue weighted by Crippen LogP contribution is 2.16. The van der Waals surface area contributed by atoms with Crippen molar-refractivity contribution < 1.29 is 4.79 Å². The van der Waals surface area contributed by atoms with Gasteiger partial charge in [-0.3, -0.25) is 9.78 Å². The summed E-state index contributed by atoms with van der Waals surface area (Å²) in [5.41, 5.74) is 1.83. The maximum atomic E-state index is 11.9. The van der Waals surface area contributed by atoms with Crippen LogP contribution in [0.1, 0.15) is 16.1 Å². The van der Waals surface area contributed by atoms with Crippen LogP contribution >= 0.6 is 23.2 Å². The van der Waals surface area contributed by atoms with Gasteiger partial charge < -0.3 is 5.32 Å². The van der Waals surface area contributed by atoms with Gasteiger partial charge in [0.15, 0.2) is 0 Å². The third-order valence-corrected chi connectivity index (χ3v) is 2.58. The highest BCUT2D eigenvalue weighted by Gasteiger charge is 2.09. The van der Waals surface area contributed by atoms with Crippen molar-refractivity contribution in [2.75, 3.05) is 5.32 Å². The number of pyridine rings is 2. The normalized spacial score (nSPS) is 10.2. The molecule has 6 heteroatoms. The van der Waals surface area contributed by atoms with E-state index < -0.39 is 0 Å². The lowest BCUT2D eigenvalue weighted by molar-refractivity contribution is 0.102. The topological polar surface area (TPSA) is 54.9 Å². The molecule has 0 saturated heterocycles. The van der Waals surface area contributed by atoms with Gasteiger partial charge in [0.1, 0.15) is 10.3 Å². The molecule has 1 amide bonds. The molecule has 0 saturated carbocycles. The van der Waals surface area contributed by atoms with Crippen LogP contribution in [0, 0.1) is 6.92 Å². The zero-order valence-corrected chi connectivity index (χ0v) is 11.0. The van der Waals surface area contributed by atoms with Crippen molar-refractivity contribution in [3.8, 4) is 0 Å². The second kappa shape index (κ2) is 5.33. The molecular weight excluding hydrogens is 273 g/mol. The first-order valence-corrected chi connectivity index (χ1v) is 5.87. The number of amides is 1. The van der Waals surface area contributed by atoms with Crippen LogP contribution in [-0.2, 0) is 0 Å². The summed E-state index contributed by atoms with van der Waals surface area (Å²) in [4.78, 5) is 19.8. The van der Waals surface area contributed by atoms with E-state index >= 15 is 0 Å². The molecule has 92 valence electrons. The lowest BCUT2D eigenvalue weighted by Gasteiger charge is -2.05. The molecule has 18 heavy (non-hydrogen) atoms. The van der Waals surface area contributed by atoms with Crippen molar-refractivity contribution in [1.82, 2.24) is 9.97 Å². The van der Waals surface area contributed by atoms with Crippen LogP contribution in [0.15, 0.2) is 30.5 Å². The number of nitrogens with one attached hydrogen (secondary N) is 1. The van der Waals surface area contributed by atoms with Crippen molar-refractivity contribution in [2.45, 2.75) is 6.92 Å². The second-order valence-electron chi connectivity index (χ2n) is 3.64. The minimum Gasteiger partial charge on any atom is -0.321 e. The fourth-order valence-corrected chi connectivity index (χ4v) is 1.80.